The molecule has 11 atom stereocenters. The first-order valence-corrected chi connectivity index (χ1v) is 15.2. The minimum Gasteiger partial charge on any atom is -0.381 e. The molecule has 206 valence electrons. The molecule has 2 amide bonds. The number of fused-ring (bicyclic) bond motifs is 1. The third-order valence-corrected chi connectivity index (χ3v) is 10.8. The molecular weight excluding hydrogens is 488 g/mol. The smallest absolute Gasteiger partial charge is 0.239 e. The van der Waals surface area contributed by atoms with Gasteiger partial charge < -0.3 is 25.6 Å². The summed E-state index contributed by atoms with van der Waals surface area (Å²) in [5, 5.41) is 23.7. The molecule has 37 heavy (non-hydrogen) atoms. The molecule has 4 heterocycles. The van der Waals surface area contributed by atoms with Crippen molar-refractivity contribution >= 4 is 23.6 Å². The second-order valence-corrected chi connectivity index (χ2v) is 13.4. The van der Waals surface area contributed by atoms with Crippen LogP contribution in [0.4, 0.5) is 0 Å². The van der Waals surface area contributed by atoms with Crippen LogP contribution in [0.3, 0.4) is 0 Å². The lowest BCUT2D eigenvalue weighted by Crippen LogP contribution is -2.56. The van der Waals surface area contributed by atoms with Gasteiger partial charge in [-0.2, -0.15) is 5.26 Å². The number of methoxy groups -OCH3 is 1. The van der Waals surface area contributed by atoms with Gasteiger partial charge in [-0.25, -0.2) is 0 Å². The first kappa shape index (κ1) is 27.2. The highest BCUT2D eigenvalue weighted by atomic mass is 32.2. The van der Waals surface area contributed by atoms with Crippen LogP contribution in [-0.2, 0) is 14.3 Å². The summed E-state index contributed by atoms with van der Waals surface area (Å²) in [6.45, 7) is 6.42. The Morgan fingerprint density at radius 2 is 1.89 bits per heavy atom. The summed E-state index contributed by atoms with van der Waals surface area (Å²) in [7, 11) is 1.76. The van der Waals surface area contributed by atoms with E-state index >= 15 is 0 Å². The fourth-order valence-electron chi connectivity index (χ4n) is 7.46. The molecule has 1 saturated carbocycles. The summed E-state index contributed by atoms with van der Waals surface area (Å²) >= 11 is 1.74. The number of ether oxygens (including phenoxy) is 1. The number of rotatable bonds is 5. The average molecular weight is 533 g/mol. The van der Waals surface area contributed by atoms with Crippen LogP contribution in [0.2, 0.25) is 0 Å². The summed E-state index contributed by atoms with van der Waals surface area (Å²) < 4.78 is 5.86. The molecular formula is C27H44N6O3S. The standard InChI is InChI=1S/C27H44N6O3S/c1-15-5-4-6-21(30-15)26(35)33-13-22-24(14-33)37-27(31-22)32-25(34)20-12-29-16(2)9-18(20)19-10-17(11-28)7-8-23(19)36-3/h15-24,27,29-31H,4-10,12-14H2,1-3H3,(H,32,34). The van der Waals surface area contributed by atoms with Crippen molar-refractivity contribution in [1.29, 1.82) is 5.26 Å². The van der Waals surface area contributed by atoms with Crippen molar-refractivity contribution in [2.45, 2.75) is 99.8 Å². The number of nitriles is 1. The SMILES string of the molecule is COC1CCC(C#N)CC1C1CC(C)NCC1C(=O)NC1NC2CN(C(=O)C3CCCC(C)N3)CC2S1. The number of piperidine rings is 2. The van der Waals surface area contributed by atoms with Gasteiger partial charge in [-0.15, -0.1) is 11.8 Å². The highest BCUT2D eigenvalue weighted by molar-refractivity contribution is 8.00. The zero-order valence-corrected chi connectivity index (χ0v) is 23.3. The Kier molecular flexibility index (Phi) is 8.66. The molecule has 0 aromatic carbocycles. The molecule has 11 unspecified atom stereocenters. The number of nitrogens with zero attached hydrogens (tertiary/aromatic N) is 2. The number of thioether (sulfide) groups is 1. The lowest BCUT2D eigenvalue weighted by Gasteiger charge is -2.44. The minimum absolute atomic E-state index is 0.0504. The Bertz CT molecular complexity index is 871. The van der Waals surface area contributed by atoms with Crippen molar-refractivity contribution in [3.63, 3.8) is 0 Å². The van der Waals surface area contributed by atoms with Crippen LogP contribution >= 0.6 is 11.8 Å². The molecule has 0 aromatic rings. The number of nitrogens with one attached hydrogen (secondary N) is 4. The fraction of sp³-hybridized carbons (Fsp3) is 0.889. The van der Waals surface area contributed by atoms with Gasteiger partial charge in [0.25, 0.3) is 0 Å². The summed E-state index contributed by atoms with van der Waals surface area (Å²) in [6, 6.07) is 3.36. The van der Waals surface area contributed by atoms with Crippen LogP contribution in [0.15, 0.2) is 0 Å². The molecule has 10 heteroatoms. The zero-order valence-electron chi connectivity index (χ0n) is 22.4. The van der Waals surface area contributed by atoms with E-state index in [9.17, 15) is 14.9 Å². The lowest BCUT2D eigenvalue weighted by atomic mass is 9.66. The minimum atomic E-state index is -0.142. The van der Waals surface area contributed by atoms with E-state index in [1.54, 1.807) is 18.9 Å². The Hall–Kier alpha value is -1.38. The number of amides is 2. The van der Waals surface area contributed by atoms with E-state index in [-0.39, 0.29) is 59.2 Å². The van der Waals surface area contributed by atoms with Gasteiger partial charge in [0.05, 0.1) is 24.1 Å². The first-order valence-electron chi connectivity index (χ1n) is 14.3. The van der Waals surface area contributed by atoms with Crippen LogP contribution in [0.5, 0.6) is 0 Å². The van der Waals surface area contributed by atoms with E-state index in [1.165, 1.54) is 0 Å². The molecule has 4 N–H and O–H groups in total. The number of carbonyl (C=O) groups excluding carboxylic acids is 2. The predicted molar refractivity (Wildman–Crippen MR) is 143 cm³/mol. The highest BCUT2D eigenvalue weighted by Crippen LogP contribution is 2.42. The third kappa shape index (κ3) is 5.96. The van der Waals surface area contributed by atoms with E-state index in [0.717, 1.165) is 51.5 Å². The molecule has 1 aliphatic carbocycles. The number of hydrogen-bond donors (Lipinski definition) is 4. The molecule has 4 aliphatic heterocycles. The van der Waals surface area contributed by atoms with Gasteiger partial charge in [-0.3, -0.25) is 14.9 Å². The number of carbonyl (C=O) groups is 2. The van der Waals surface area contributed by atoms with Gasteiger partial charge in [-0.1, -0.05) is 0 Å². The largest absolute Gasteiger partial charge is 0.381 e. The molecule has 0 aromatic heterocycles. The van der Waals surface area contributed by atoms with Crippen LogP contribution in [0, 0.1) is 35.0 Å². The predicted octanol–water partition coefficient (Wildman–Crippen LogP) is 1.40. The number of hydrogen-bond acceptors (Lipinski definition) is 8. The van der Waals surface area contributed by atoms with Crippen LogP contribution in [0.25, 0.3) is 0 Å². The van der Waals surface area contributed by atoms with E-state index in [4.69, 9.17) is 4.74 Å². The normalized spacial score (nSPS) is 44.2. The zero-order chi connectivity index (χ0) is 26.1. The number of likely N-dealkylation sites (tertiary alicyclic amines) is 1. The first-order chi connectivity index (χ1) is 17.9. The average Bonchev–Trinajstić information content (AvgIpc) is 3.46. The van der Waals surface area contributed by atoms with Gasteiger partial charge in [0.1, 0.15) is 5.50 Å². The monoisotopic (exact) mass is 532 g/mol. The van der Waals surface area contributed by atoms with Gasteiger partial charge in [-0.05, 0) is 70.6 Å². The maximum Gasteiger partial charge on any atom is 0.239 e. The molecule has 0 bridgehead atoms. The van der Waals surface area contributed by atoms with Gasteiger partial charge in [0.2, 0.25) is 11.8 Å². The maximum atomic E-state index is 13.6. The maximum absolute atomic E-state index is 13.6. The molecule has 9 nitrogen and oxygen atoms in total. The second-order valence-electron chi connectivity index (χ2n) is 12.0. The molecule has 5 fully saturated rings. The van der Waals surface area contributed by atoms with E-state index in [0.29, 0.717) is 30.4 Å². The molecule has 5 aliphatic rings. The van der Waals surface area contributed by atoms with Crippen LogP contribution < -0.4 is 21.3 Å². The van der Waals surface area contributed by atoms with Crippen LogP contribution in [0.1, 0.15) is 58.8 Å². The van der Waals surface area contributed by atoms with Crippen molar-refractivity contribution in [3.8, 4) is 6.07 Å². The third-order valence-electron chi connectivity index (χ3n) is 9.48. The summed E-state index contributed by atoms with van der Waals surface area (Å²) in [6.07, 6.45) is 6.77. The summed E-state index contributed by atoms with van der Waals surface area (Å²) in [5.74, 6) is 0.636. The topological polar surface area (TPSA) is 119 Å². The van der Waals surface area contributed by atoms with E-state index in [2.05, 4.69) is 41.2 Å². The van der Waals surface area contributed by atoms with Gasteiger partial charge >= 0.3 is 0 Å². The van der Waals surface area contributed by atoms with Crippen molar-refractivity contribution in [3.05, 3.63) is 0 Å². The van der Waals surface area contributed by atoms with Crippen molar-refractivity contribution in [2.24, 2.45) is 23.7 Å². The van der Waals surface area contributed by atoms with Crippen molar-refractivity contribution in [1.82, 2.24) is 26.2 Å². The molecule has 0 spiro atoms. The molecule has 5 rings (SSSR count). The van der Waals surface area contributed by atoms with Crippen LogP contribution in [-0.4, -0.2) is 84.5 Å². The lowest BCUT2D eigenvalue weighted by molar-refractivity contribution is -0.133. The van der Waals surface area contributed by atoms with Crippen molar-refractivity contribution in [2.75, 3.05) is 26.7 Å². The summed E-state index contributed by atoms with van der Waals surface area (Å²) in [4.78, 5) is 28.7. The fourth-order valence-corrected chi connectivity index (χ4v) is 8.87. The quantitative estimate of drug-likeness (QED) is 0.420. The summed E-state index contributed by atoms with van der Waals surface area (Å²) in [5.41, 5.74) is -0.135. The molecule has 4 saturated heterocycles. The Morgan fingerprint density at radius 1 is 1.05 bits per heavy atom. The van der Waals surface area contributed by atoms with Gasteiger partial charge in [0, 0.05) is 56.0 Å². The van der Waals surface area contributed by atoms with E-state index < -0.39 is 0 Å². The van der Waals surface area contributed by atoms with Crippen molar-refractivity contribution < 1.29 is 14.3 Å². The second kappa shape index (κ2) is 11.8. The Labute approximate surface area is 225 Å². The highest BCUT2D eigenvalue weighted by Gasteiger charge is 2.47. The Morgan fingerprint density at radius 3 is 2.62 bits per heavy atom. The molecule has 0 radical (unpaired) electrons. The van der Waals surface area contributed by atoms with E-state index in [1.807, 2.05) is 4.90 Å². The Balaban J connectivity index is 1.17. The van der Waals surface area contributed by atoms with Gasteiger partial charge in [0.15, 0.2) is 0 Å².